The SMILES string of the molecule is CCN(CC(=O)NC)C(=O)C1CNc2ccccc2O1. The molecular weight excluding hydrogens is 258 g/mol. The molecule has 0 radical (unpaired) electrons. The van der Waals surface area contributed by atoms with Crippen LogP contribution in [-0.4, -0.2) is 49.5 Å². The highest BCUT2D eigenvalue weighted by Crippen LogP contribution is 2.28. The van der Waals surface area contributed by atoms with Gasteiger partial charge in [0.25, 0.3) is 5.91 Å². The minimum absolute atomic E-state index is 0.0489. The first-order valence-electron chi connectivity index (χ1n) is 6.64. The molecule has 0 spiro atoms. The molecule has 0 saturated carbocycles. The van der Waals surface area contributed by atoms with Gasteiger partial charge in [-0.2, -0.15) is 0 Å². The summed E-state index contributed by atoms with van der Waals surface area (Å²) in [5.74, 6) is 0.288. The molecule has 20 heavy (non-hydrogen) atoms. The van der Waals surface area contributed by atoms with Gasteiger partial charge in [0, 0.05) is 13.6 Å². The lowest BCUT2D eigenvalue weighted by molar-refractivity contribution is -0.141. The minimum atomic E-state index is -0.602. The van der Waals surface area contributed by atoms with E-state index in [0.717, 1.165) is 5.69 Å². The van der Waals surface area contributed by atoms with Gasteiger partial charge in [-0.05, 0) is 19.1 Å². The van der Waals surface area contributed by atoms with Gasteiger partial charge in [-0.25, -0.2) is 0 Å². The zero-order valence-corrected chi connectivity index (χ0v) is 11.7. The molecule has 1 atom stereocenters. The fourth-order valence-electron chi connectivity index (χ4n) is 2.05. The number of carbonyl (C=O) groups excluding carboxylic acids is 2. The van der Waals surface area contributed by atoms with Crippen LogP contribution < -0.4 is 15.4 Å². The predicted molar refractivity (Wildman–Crippen MR) is 75.7 cm³/mol. The van der Waals surface area contributed by atoms with E-state index in [0.29, 0.717) is 18.8 Å². The Bertz CT molecular complexity index is 504. The standard InChI is InChI=1S/C14H19N3O3/c1-3-17(9-13(18)15-2)14(19)12-8-16-10-6-4-5-7-11(10)20-12/h4-7,12,16H,3,8-9H2,1-2H3,(H,15,18). The van der Waals surface area contributed by atoms with E-state index in [1.165, 1.54) is 4.90 Å². The minimum Gasteiger partial charge on any atom is -0.477 e. The van der Waals surface area contributed by atoms with Crippen molar-refractivity contribution in [3.63, 3.8) is 0 Å². The molecule has 1 aliphatic heterocycles. The molecule has 1 unspecified atom stereocenters. The van der Waals surface area contributed by atoms with E-state index in [2.05, 4.69) is 10.6 Å². The van der Waals surface area contributed by atoms with E-state index in [1.54, 1.807) is 7.05 Å². The molecule has 0 bridgehead atoms. The third-order valence-electron chi connectivity index (χ3n) is 3.22. The van der Waals surface area contributed by atoms with Gasteiger partial charge in [0.15, 0.2) is 6.10 Å². The maximum atomic E-state index is 12.4. The average molecular weight is 277 g/mol. The number of benzene rings is 1. The Kier molecular flexibility index (Phi) is 4.45. The van der Waals surface area contributed by atoms with Gasteiger partial charge in [0.2, 0.25) is 5.91 Å². The van der Waals surface area contributed by atoms with E-state index in [4.69, 9.17) is 4.74 Å². The summed E-state index contributed by atoms with van der Waals surface area (Å²) in [7, 11) is 1.55. The summed E-state index contributed by atoms with van der Waals surface area (Å²) in [5, 5.41) is 5.68. The summed E-state index contributed by atoms with van der Waals surface area (Å²) in [4.78, 5) is 25.3. The number of likely N-dealkylation sites (N-methyl/N-ethyl adjacent to an activating group) is 2. The lowest BCUT2D eigenvalue weighted by Gasteiger charge is -2.30. The highest BCUT2D eigenvalue weighted by atomic mass is 16.5. The maximum Gasteiger partial charge on any atom is 0.265 e. The second kappa shape index (κ2) is 6.27. The summed E-state index contributed by atoms with van der Waals surface area (Å²) in [6, 6.07) is 7.48. The molecule has 1 aromatic carbocycles. The first kappa shape index (κ1) is 14.2. The first-order chi connectivity index (χ1) is 9.65. The number of nitrogens with one attached hydrogen (secondary N) is 2. The number of fused-ring (bicyclic) bond motifs is 1. The smallest absolute Gasteiger partial charge is 0.265 e. The molecule has 2 amide bonds. The number of hydrogen-bond acceptors (Lipinski definition) is 4. The summed E-state index contributed by atoms with van der Waals surface area (Å²) in [6.07, 6.45) is -0.602. The molecular formula is C14H19N3O3. The Morgan fingerprint density at radius 2 is 2.20 bits per heavy atom. The van der Waals surface area contributed by atoms with Crippen molar-refractivity contribution in [2.24, 2.45) is 0 Å². The van der Waals surface area contributed by atoms with Crippen LogP contribution in [0.15, 0.2) is 24.3 Å². The van der Waals surface area contributed by atoms with Crippen LogP contribution in [0.2, 0.25) is 0 Å². The van der Waals surface area contributed by atoms with Crippen LogP contribution in [0.25, 0.3) is 0 Å². The van der Waals surface area contributed by atoms with Crippen molar-refractivity contribution in [2.45, 2.75) is 13.0 Å². The van der Waals surface area contributed by atoms with Crippen LogP contribution in [0.5, 0.6) is 5.75 Å². The van der Waals surface area contributed by atoms with Crippen LogP contribution in [0.4, 0.5) is 5.69 Å². The van der Waals surface area contributed by atoms with Crippen molar-refractivity contribution in [1.82, 2.24) is 10.2 Å². The van der Waals surface area contributed by atoms with Crippen LogP contribution >= 0.6 is 0 Å². The molecule has 1 heterocycles. The Morgan fingerprint density at radius 3 is 2.90 bits per heavy atom. The fraction of sp³-hybridized carbons (Fsp3) is 0.429. The molecule has 0 saturated heterocycles. The molecule has 0 fully saturated rings. The summed E-state index contributed by atoms with van der Waals surface area (Å²) >= 11 is 0. The number of hydrogen-bond donors (Lipinski definition) is 2. The van der Waals surface area contributed by atoms with Crippen LogP contribution in [0.1, 0.15) is 6.92 Å². The van der Waals surface area contributed by atoms with Crippen molar-refractivity contribution in [2.75, 3.05) is 32.0 Å². The predicted octanol–water partition coefficient (Wildman–Crippen LogP) is 0.454. The first-order valence-corrected chi connectivity index (χ1v) is 6.64. The molecule has 1 aliphatic rings. The molecule has 0 aromatic heterocycles. The van der Waals surface area contributed by atoms with E-state index in [-0.39, 0.29) is 18.4 Å². The van der Waals surface area contributed by atoms with Crippen molar-refractivity contribution in [3.05, 3.63) is 24.3 Å². The van der Waals surface area contributed by atoms with Crippen molar-refractivity contribution < 1.29 is 14.3 Å². The quantitative estimate of drug-likeness (QED) is 0.838. The number of para-hydroxylation sites is 2. The van der Waals surface area contributed by atoms with E-state index < -0.39 is 6.10 Å². The largest absolute Gasteiger partial charge is 0.477 e. The average Bonchev–Trinajstić information content (AvgIpc) is 2.51. The fourth-order valence-corrected chi connectivity index (χ4v) is 2.05. The zero-order chi connectivity index (χ0) is 14.5. The van der Waals surface area contributed by atoms with Gasteiger partial charge in [-0.1, -0.05) is 12.1 Å². The Morgan fingerprint density at radius 1 is 1.45 bits per heavy atom. The number of carbonyl (C=O) groups is 2. The molecule has 1 aromatic rings. The Balaban J connectivity index is 2.04. The number of amides is 2. The molecule has 6 nitrogen and oxygen atoms in total. The topological polar surface area (TPSA) is 70.7 Å². The molecule has 108 valence electrons. The Labute approximate surface area is 118 Å². The van der Waals surface area contributed by atoms with Gasteiger partial charge in [0.05, 0.1) is 18.8 Å². The summed E-state index contributed by atoms with van der Waals surface area (Å²) < 4.78 is 5.71. The molecule has 6 heteroatoms. The van der Waals surface area contributed by atoms with Crippen LogP contribution in [0, 0.1) is 0 Å². The van der Waals surface area contributed by atoms with Crippen molar-refractivity contribution in [3.8, 4) is 5.75 Å². The number of ether oxygens (including phenoxy) is 1. The zero-order valence-electron chi connectivity index (χ0n) is 11.7. The lowest BCUT2D eigenvalue weighted by Crippen LogP contribution is -2.49. The highest BCUT2D eigenvalue weighted by molar-refractivity contribution is 5.88. The van der Waals surface area contributed by atoms with E-state index in [1.807, 2.05) is 31.2 Å². The summed E-state index contributed by atoms with van der Waals surface area (Å²) in [5.41, 5.74) is 0.880. The summed E-state index contributed by atoms with van der Waals surface area (Å²) in [6.45, 7) is 2.76. The maximum absolute atomic E-state index is 12.4. The van der Waals surface area contributed by atoms with Gasteiger partial charge in [-0.3, -0.25) is 9.59 Å². The van der Waals surface area contributed by atoms with Gasteiger partial charge in [0.1, 0.15) is 5.75 Å². The third kappa shape index (κ3) is 3.01. The van der Waals surface area contributed by atoms with E-state index >= 15 is 0 Å². The highest BCUT2D eigenvalue weighted by Gasteiger charge is 2.29. The van der Waals surface area contributed by atoms with Gasteiger partial charge >= 0.3 is 0 Å². The molecule has 0 aliphatic carbocycles. The normalized spacial score (nSPS) is 16.4. The monoisotopic (exact) mass is 277 g/mol. The van der Waals surface area contributed by atoms with Crippen LogP contribution in [0.3, 0.4) is 0 Å². The number of anilines is 1. The Hall–Kier alpha value is -2.24. The van der Waals surface area contributed by atoms with Gasteiger partial charge < -0.3 is 20.3 Å². The second-order valence-corrected chi connectivity index (χ2v) is 4.51. The van der Waals surface area contributed by atoms with Crippen molar-refractivity contribution in [1.29, 1.82) is 0 Å². The van der Waals surface area contributed by atoms with E-state index in [9.17, 15) is 9.59 Å². The number of nitrogens with zero attached hydrogens (tertiary/aromatic N) is 1. The number of rotatable bonds is 4. The molecule has 2 N–H and O–H groups in total. The van der Waals surface area contributed by atoms with Crippen LogP contribution in [-0.2, 0) is 9.59 Å². The van der Waals surface area contributed by atoms with Gasteiger partial charge in [-0.15, -0.1) is 0 Å². The second-order valence-electron chi connectivity index (χ2n) is 4.51. The lowest BCUT2D eigenvalue weighted by atomic mass is 10.2. The third-order valence-corrected chi connectivity index (χ3v) is 3.22. The van der Waals surface area contributed by atoms with Crippen molar-refractivity contribution >= 4 is 17.5 Å². The molecule has 2 rings (SSSR count).